The Hall–Kier alpha value is -1.02. The van der Waals surface area contributed by atoms with E-state index >= 15 is 0 Å². The van der Waals surface area contributed by atoms with E-state index < -0.39 is 0 Å². The van der Waals surface area contributed by atoms with Crippen LogP contribution in [0.25, 0.3) is 0 Å². The van der Waals surface area contributed by atoms with Crippen LogP contribution in [0, 0.1) is 0 Å². The first-order valence-electron chi connectivity index (χ1n) is 6.19. The molecular formula is C15H25NO. The van der Waals surface area contributed by atoms with Crippen LogP contribution in [0.15, 0.2) is 24.3 Å². The summed E-state index contributed by atoms with van der Waals surface area (Å²) in [4.78, 5) is 0. The Kier molecular flexibility index (Phi) is 4.21. The standard InChI is InChI=1S/C15H25NO/c1-14(2,3)16-11-12-7-9-13(10-8-12)17-15(4,5)6/h7-10,16H,11H2,1-6H3. The molecule has 2 nitrogen and oxygen atoms in total. The summed E-state index contributed by atoms with van der Waals surface area (Å²) >= 11 is 0. The molecule has 0 unspecified atom stereocenters. The van der Waals surface area contributed by atoms with E-state index in [0.717, 1.165) is 12.3 Å². The van der Waals surface area contributed by atoms with Gasteiger partial charge in [-0.25, -0.2) is 0 Å². The molecule has 0 aliphatic heterocycles. The summed E-state index contributed by atoms with van der Waals surface area (Å²) in [6, 6.07) is 8.29. The second kappa shape index (κ2) is 5.09. The van der Waals surface area contributed by atoms with E-state index in [1.165, 1.54) is 5.56 Å². The predicted molar refractivity (Wildman–Crippen MR) is 73.4 cm³/mol. The number of rotatable bonds is 3. The summed E-state index contributed by atoms with van der Waals surface area (Å²) in [5.41, 5.74) is 1.30. The Labute approximate surface area is 105 Å². The fourth-order valence-electron chi connectivity index (χ4n) is 1.40. The van der Waals surface area contributed by atoms with Crippen molar-refractivity contribution in [2.75, 3.05) is 0 Å². The lowest BCUT2D eigenvalue weighted by Gasteiger charge is -2.22. The maximum atomic E-state index is 5.78. The summed E-state index contributed by atoms with van der Waals surface area (Å²) in [5, 5.41) is 3.47. The molecule has 0 aromatic heterocycles. The third-order valence-electron chi connectivity index (χ3n) is 2.17. The van der Waals surface area contributed by atoms with Crippen molar-refractivity contribution >= 4 is 0 Å². The average Bonchev–Trinajstić information content (AvgIpc) is 2.13. The molecule has 0 aliphatic carbocycles. The maximum absolute atomic E-state index is 5.78. The quantitative estimate of drug-likeness (QED) is 0.861. The molecule has 0 bridgehead atoms. The second-order valence-corrected chi connectivity index (χ2v) is 6.46. The highest BCUT2D eigenvalue weighted by molar-refractivity contribution is 5.27. The van der Waals surface area contributed by atoms with E-state index in [2.05, 4.69) is 59.0 Å². The number of ether oxygens (including phenoxy) is 1. The minimum Gasteiger partial charge on any atom is -0.488 e. The van der Waals surface area contributed by atoms with Crippen LogP contribution in [-0.2, 0) is 6.54 Å². The largest absolute Gasteiger partial charge is 0.488 e. The van der Waals surface area contributed by atoms with E-state index in [1.54, 1.807) is 0 Å². The number of hydrogen-bond donors (Lipinski definition) is 1. The van der Waals surface area contributed by atoms with Crippen LogP contribution < -0.4 is 10.1 Å². The lowest BCUT2D eigenvalue weighted by atomic mass is 10.1. The summed E-state index contributed by atoms with van der Waals surface area (Å²) in [6.07, 6.45) is 0. The molecular weight excluding hydrogens is 210 g/mol. The zero-order valence-corrected chi connectivity index (χ0v) is 11.9. The average molecular weight is 235 g/mol. The molecule has 2 heteroatoms. The van der Waals surface area contributed by atoms with Crippen molar-refractivity contribution in [3.63, 3.8) is 0 Å². The van der Waals surface area contributed by atoms with Crippen LogP contribution in [0.2, 0.25) is 0 Å². The number of benzene rings is 1. The highest BCUT2D eigenvalue weighted by atomic mass is 16.5. The van der Waals surface area contributed by atoms with Gasteiger partial charge in [0.25, 0.3) is 0 Å². The minimum atomic E-state index is -0.134. The third-order valence-corrected chi connectivity index (χ3v) is 2.17. The molecule has 0 amide bonds. The predicted octanol–water partition coefficient (Wildman–Crippen LogP) is 3.75. The van der Waals surface area contributed by atoms with E-state index in [-0.39, 0.29) is 11.1 Å². The van der Waals surface area contributed by atoms with E-state index in [9.17, 15) is 0 Å². The van der Waals surface area contributed by atoms with Crippen molar-refractivity contribution in [2.24, 2.45) is 0 Å². The SMILES string of the molecule is CC(C)(C)NCc1ccc(OC(C)(C)C)cc1. The van der Waals surface area contributed by atoms with E-state index in [4.69, 9.17) is 4.74 Å². The topological polar surface area (TPSA) is 21.3 Å². The Bertz CT molecular complexity index is 341. The first-order chi connectivity index (χ1) is 7.66. The molecule has 0 heterocycles. The van der Waals surface area contributed by atoms with Crippen molar-refractivity contribution in [2.45, 2.75) is 59.2 Å². The second-order valence-electron chi connectivity index (χ2n) is 6.46. The fraction of sp³-hybridized carbons (Fsp3) is 0.600. The van der Waals surface area contributed by atoms with Gasteiger partial charge in [-0.1, -0.05) is 12.1 Å². The molecule has 1 rings (SSSR count). The first-order valence-corrected chi connectivity index (χ1v) is 6.19. The highest BCUT2D eigenvalue weighted by Crippen LogP contribution is 2.18. The monoisotopic (exact) mass is 235 g/mol. The minimum absolute atomic E-state index is 0.134. The van der Waals surface area contributed by atoms with Crippen LogP contribution in [0.5, 0.6) is 5.75 Å². The van der Waals surface area contributed by atoms with Gasteiger partial charge in [0.05, 0.1) is 0 Å². The Morgan fingerprint density at radius 3 is 1.88 bits per heavy atom. The van der Waals surface area contributed by atoms with Crippen LogP contribution in [-0.4, -0.2) is 11.1 Å². The molecule has 0 saturated carbocycles. The third kappa shape index (κ3) is 6.32. The van der Waals surface area contributed by atoms with Crippen molar-refractivity contribution < 1.29 is 4.74 Å². The normalized spacial score (nSPS) is 12.6. The molecule has 0 saturated heterocycles. The zero-order chi connectivity index (χ0) is 13.1. The molecule has 0 fully saturated rings. The number of hydrogen-bond acceptors (Lipinski definition) is 2. The van der Waals surface area contributed by atoms with Gasteiger partial charge >= 0.3 is 0 Å². The molecule has 17 heavy (non-hydrogen) atoms. The number of nitrogens with one attached hydrogen (secondary N) is 1. The first kappa shape index (κ1) is 14.0. The van der Waals surface area contributed by atoms with E-state index in [1.807, 2.05) is 12.1 Å². The summed E-state index contributed by atoms with van der Waals surface area (Å²) in [5.74, 6) is 0.928. The van der Waals surface area contributed by atoms with Crippen molar-refractivity contribution in [1.29, 1.82) is 0 Å². The molecule has 96 valence electrons. The van der Waals surface area contributed by atoms with Crippen LogP contribution in [0.4, 0.5) is 0 Å². The van der Waals surface area contributed by atoms with Crippen molar-refractivity contribution in [1.82, 2.24) is 5.32 Å². The Morgan fingerprint density at radius 1 is 0.941 bits per heavy atom. The van der Waals surface area contributed by atoms with Crippen molar-refractivity contribution in [3.05, 3.63) is 29.8 Å². The van der Waals surface area contributed by atoms with E-state index in [0.29, 0.717) is 0 Å². The Morgan fingerprint density at radius 2 is 1.47 bits per heavy atom. The lowest BCUT2D eigenvalue weighted by molar-refractivity contribution is 0.131. The lowest BCUT2D eigenvalue weighted by Crippen LogP contribution is -2.35. The summed E-state index contributed by atoms with van der Waals surface area (Å²) < 4.78 is 5.78. The Balaban J connectivity index is 2.56. The molecule has 1 N–H and O–H groups in total. The molecule has 0 spiro atoms. The van der Waals surface area contributed by atoms with Crippen LogP contribution >= 0.6 is 0 Å². The molecule has 0 aliphatic rings. The molecule has 0 radical (unpaired) electrons. The molecule has 0 atom stereocenters. The van der Waals surface area contributed by atoms with Crippen LogP contribution in [0.1, 0.15) is 47.1 Å². The van der Waals surface area contributed by atoms with Gasteiger partial charge in [0.15, 0.2) is 0 Å². The maximum Gasteiger partial charge on any atom is 0.120 e. The van der Waals surface area contributed by atoms with Gasteiger partial charge < -0.3 is 10.1 Å². The fourth-order valence-corrected chi connectivity index (χ4v) is 1.40. The van der Waals surface area contributed by atoms with Gasteiger partial charge in [0, 0.05) is 12.1 Å². The van der Waals surface area contributed by atoms with Gasteiger partial charge in [0.2, 0.25) is 0 Å². The zero-order valence-electron chi connectivity index (χ0n) is 11.9. The summed E-state index contributed by atoms with van der Waals surface area (Å²) in [7, 11) is 0. The molecule has 1 aromatic carbocycles. The highest BCUT2D eigenvalue weighted by Gasteiger charge is 2.12. The summed E-state index contributed by atoms with van der Waals surface area (Å²) in [6.45, 7) is 13.6. The smallest absolute Gasteiger partial charge is 0.120 e. The van der Waals surface area contributed by atoms with Gasteiger partial charge in [-0.15, -0.1) is 0 Å². The van der Waals surface area contributed by atoms with Gasteiger partial charge in [0.1, 0.15) is 11.4 Å². The van der Waals surface area contributed by atoms with Crippen LogP contribution in [0.3, 0.4) is 0 Å². The van der Waals surface area contributed by atoms with Gasteiger partial charge in [-0.05, 0) is 59.2 Å². The van der Waals surface area contributed by atoms with Gasteiger partial charge in [-0.2, -0.15) is 0 Å². The van der Waals surface area contributed by atoms with Gasteiger partial charge in [-0.3, -0.25) is 0 Å². The van der Waals surface area contributed by atoms with Crippen molar-refractivity contribution in [3.8, 4) is 5.75 Å². The molecule has 1 aromatic rings.